The van der Waals surface area contributed by atoms with Crippen LogP contribution in [-0.4, -0.2) is 42.0 Å². The quantitative estimate of drug-likeness (QED) is 0.566. The lowest BCUT2D eigenvalue weighted by molar-refractivity contribution is 0.156. The molecule has 0 atom stereocenters. The largest absolute Gasteiger partial charge is 0.325 e. The average molecular weight is 182 g/mol. The van der Waals surface area contributed by atoms with Crippen LogP contribution in [0.5, 0.6) is 0 Å². The van der Waals surface area contributed by atoms with Crippen molar-refractivity contribution in [2.24, 2.45) is 0 Å². The van der Waals surface area contributed by atoms with E-state index >= 15 is 0 Å². The summed E-state index contributed by atoms with van der Waals surface area (Å²) < 4.78 is 0. The molecule has 0 N–H and O–H groups in total. The van der Waals surface area contributed by atoms with E-state index in [4.69, 9.17) is 0 Å². The highest BCUT2D eigenvalue weighted by Crippen LogP contribution is 2.06. The van der Waals surface area contributed by atoms with E-state index in [0.717, 1.165) is 19.5 Å². The molecule has 0 spiro atoms. The third kappa shape index (κ3) is 2.47. The molecule has 0 saturated heterocycles. The van der Waals surface area contributed by atoms with Gasteiger partial charge in [-0.25, -0.2) is 4.79 Å². The van der Waals surface area contributed by atoms with Gasteiger partial charge in [0.05, 0.1) is 0 Å². The van der Waals surface area contributed by atoms with Crippen LogP contribution in [-0.2, 0) is 0 Å². The van der Waals surface area contributed by atoms with Crippen LogP contribution in [0.4, 0.5) is 4.79 Å². The Bertz CT molecular complexity index is 211. The molecule has 3 nitrogen and oxygen atoms in total. The summed E-state index contributed by atoms with van der Waals surface area (Å²) in [6.45, 7) is 5.66. The monoisotopic (exact) mass is 182 g/mol. The topological polar surface area (TPSA) is 23.6 Å². The molecule has 0 aliphatic carbocycles. The van der Waals surface area contributed by atoms with Crippen molar-refractivity contribution in [3.63, 3.8) is 0 Å². The van der Waals surface area contributed by atoms with Crippen molar-refractivity contribution in [3.8, 4) is 0 Å². The number of rotatable bonds is 1. The number of amides is 2. The van der Waals surface area contributed by atoms with E-state index in [1.54, 1.807) is 4.90 Å². The van der Waals surface area contributed by atoms with Gasteiger partial charge in [0.15, 0.2) is 0 Å². The van der Waals surface area contributed by atoms with Crippen molar-refractivity contribution in [3.05, 3.63) is 12.2 Å². The number of hydrogen-bond acceptors (Lipinski definition) is 1. The van der Waals surface area contributed by atoms with Crippen LogP contribution in [0.15, 0.2) is 12.2 Å². The number of hydrogen-bond donors (Lipinski definition) is 0. The first kappa shape index (κ1) is 10.1. The van der Waals surface area contributed by atoms with Gasteiger partial charge in [0.2, 0.25) is 0 Å². The van der Waals surface area contributed by atoms with Gasteiger partial charge in [-0.1, -0.05) is 12.2 Å². The Kier molecular flexibility index (Phi) is 3.34. The smallest absolute Gasteiger partial charge is 0.320 e. The Morgan fingerprint density at radius 1 is 1.46 bits per heavy atom. The molecule has 0 bridgehead atoms. The zero-order valence-electron chi connectivity index (χ0n) is 8.66. The van der Waals surface area contributed by atoms with Crippen molar-refractivity contribution in [1.29, 1.82) is 0 Å². The summed E-state index contributed by atoms with van der Waals surface area (Å²) in [5.41, 5.74) is 0. The summed E-state index contributed by atoms with van der Waals surface area (Å²) in [4.78, 5) is 15.4. The van der Waals surface area contributed by atoms with Gasteiger partial charge in [-0.15, -0.1) is 0 Å². The highest BCUT2D eigenvalue weighted by molar-refractivity contribution is 5.74. The molecule has 0 saturated carbocycles. The van der Waals surface area contributed by atoms with Crippen LogP contribution >= 0.6 is 0 Å². The zero-order chi connectivity index (χ0) is 9.84. The van der Waals surface area contributed by atoms with E-state index in [2.05, 4.69) is 12.2 Å². The normalized spacial score (nSPS) is 16.5. The summed E-state index contributed by atoms with van der Waals surface area (Å²) in [5.74, 6) is 0. The second kappa shape index (κ2) is 4.30. The third-order valence-electron chi connectivity index (χ3n) is 2.40. The molecule has 0 radical (unpaired) electrons. The highest BCUT2D eigenvalue weighted by atomic mass is 16.2. The molecule has 13 heavy (non-hydrogen) atoms. The van der Waals surface area contributed by atoms with Crippen molar-refractivity contribution in [2.45, 2.75) is 26.3 Å². The minimum absolute atomic E-state index is 0.138. The Morgan fingerprint density at radius 2 is 2.15 bits per heavy atom. The molecule has 1 aliphatic heterocycles. The molecule has 0 aromatic rings. The van der Waals surface area contributed by atoms with Gasteiger partial charge >= 0.3 is 6.03 Å². The Labute approximate surface area is 80.0 Å². The van der Waals surface area contributed by atoms with Gasteiger partial charge in [-0.05, 0) is 20.3 Å². The lowest BCUT2D eigenvalue weighted by Gasteiger charge is -2.31. The lowest BCUT2D eigenvalue weighted by atomic mass is 10.2. The minimum atomic E-state index is 0.138. The fourth-order valence-corrected chi connectivity index (χ4v) is 1.26. The first-order valence-electron chi connectivity index (χ1n) is 4.79. The first-order chi connectivity index (χ1) is 6.13. The van der Waals surface area contributed by atoms with Gasteiger partial charge in [0.1, 0.15) is 0 Å². The van der Waals surface area contributed by atoms with Crippen LogP contribution in [0.1, 0.15) is 20.3 Å². The van der Waals surface area contributed by atoms with Gasteiger partial charge in [-0.3, -0.25) is 0 Å². The van der Waals surface area contributed by atoms with Crippen LogP contribution < -0.4 is 0 Å². The van der Waals surface area contributed by atoms with Gasteiger partial charge < -0.3 is 9.80 Å². The van der Waals surface area contributed by atoms with E-state index in [9.17, 15) is 4.79 Å². The molecular weight excluding hydrogens is 164 g/mol. The predicted molar refractivity (Wildman–Crippen MR) is 53.6 cm³/mol. The molecule has 0 unspecified atom stereocenters. The maximum absolute atomic E-state index is 11.8. The zero-order valence-corrected chi connectivity index (χ0v) is 8.66. The van der Waals surface area contributed by atoms with Gasteiger partial charge in [0.25, 0.3) is 0 Å². The summed E-state index contributed by atoms with van der Waals surface area (Å²) in [6, 6.07) is 0.415. The molecule has 0 aromatic carbocycles. The first-order valence-corrected chi connectivity index (χ1v) is 4.79. The highest BCUT2D eigenvalue weighted by Gasteiger charge is 2.19. The van der Waals surface area contributed by atoms with Crippen molar-refractivity contribution in [1.82, 2.24) is 9.80 Å². The van der Waals surface area contributed by atoms with E-state index in [0.29, 0.717) is 0 Å². The Hall–Kier alpha value is -0.990. The molecular formula is C10H18N2O. The SMILES string of the molecule is CC(C)N(C)C(=O)N1CC=CCC1. The number of nitrogens with zero attached hydrogens (tertiary/aromatic N) is 2. The fourth-order valence-electron chi connectivity index (χ4n) is 1.26. The molecule has 0 aromatic heterocycles. The summed E-state index contributed by atoms with van der Waals surface area (Å²) in [6.07, 6.45) is 5.16. The van der Waals surface area contributed by atoms with Gasteiger partial charge in [-0.2, -0.15) is 0 Å². The van der Waals surface area contributed by atoms with Crippen molar-refractivity contribution < 1.29 is 4.79 Å². The summed E-state index contributed by atoms with van der Waals surface area (Å²) in [7, 11) is 1.85. The minimum Gasteiger partial charge on any atom is -0.325 e. The third-order valence-corrected chi connectivity index (χ3v) is 2.40. The molecule has 2 amide bonds. The van der Waals surface area contributed by atoms with Crippen LogP contribution in [0.2, 0.25) is 0 Å². The fraction of sp³-hybridized carbons (Fsp3) is 0.700. The second-order valence-electron chi connectivity index (χ2n) is 3.69. The average Bonchev–Trinajstić information content (AvgIpc) is 2.17. The van der Waals surface area contributed by atoms with Gasteiger partial charge in [0, 0.05) is 26.2 Å². The van der Waals surface area contributed by atoms with Crippen LogP contribution in [0, 0.1) is 0 Å². The van der Waals surface area contributed by atoms with Crippen LogP contribution in [0.25, 0.3) is 0 Å². The van der Waals surface area contributed by atoms with E-state index < -0.39 is 0 Å². The van der Waals surface area contributed by atoms with Crippen LogP contribution in [0.3, 0.4) is 0 Å². The van der Waals surface area contributed by atoms with E-state index in [1.807, 2.05) is 25.8 Å². The number of urea groups is 1. The molecule has 74 valence electrons. The summed E-state index contributed by atoms with van der Waals surface area (Å²) in [5, 5.41) is 0. The standard InChI is InChI=1S/C10H18N2O/c1-9(2)11(3)10(13)12-7-5-4-6-8-12/h4-5,9H,6-8H2,1-3H3. The second-order valence-corrected chi connectivity index (χ2v) is 3.69. The molecule has 1 heterocycles. The molecule has 1 aliphatic rings. The predicted octanol–water partition coefficient (Wildman–Crippen LogP) is 1.71. The van der Waals surface area contributed by atoms with Crippen molar-refractivity contribution >= 4 is 6.03 Å². The van der Waals surface area contributed by atoms with E-state index in [1.165, 1.54) is 0 Å². The molecule has 0 fully saturated rings. The Balaban J connectivity index is 2.51. The van der Waals surface area contributed by atoms with E-state index in [-0.39, 0.29) is 12.1 Å². The molecule has 1 rings (SSSR count). The maximum atomic E-state index is 11.8. The lowest BCUT2D eigenvalue weighted by Crippen LogP contribution is -2.45. The summed E-state index contributed by atoms with van der Waals surface area (Å²) >= 11 is 0. The van der Waals surface area contributed by atoms with Crippen molar-refractivity contribution in [2.75, 3.05) is 20.1 Å². The molecule has 3 heteroatoms. The Morgan fingerprint density at radius 3 is 2.62 bits per heavy atom. The number of carbonyl (C=O) groups excluding carboxylic acids is 1. The maximum Gasteiger partial charge on any atom is 0.320 e. The number of carbonyl (C=O) groups is 1.